The highest BCUT2D eigenvalue weighted by Crippen LogP contribution is 2.50. The molecule has 0 atom stereocenters. The summed E-state index contributed by atoms with van der Waals surface area (Å²) in [5, 5.41) is 12.3. The predicted octanol–water partition coefficient (Wildman–Crippen LogP) is 3.57. The topological polar surface area (TPSA) is 66.4 Å². The summed E-state index contributed by atoms with van der Waals surface area (Å²) in [5.41, 5.74) is 1.41. The van der Waals surface area contributed by atoms with Gasteiger partial charge in [-0.05, 0) is 48.2 Å². The fourth-order valence-electron chi connectivity index (χ4n) is 2.94. The molecule has 0 radical (unpaired) electrons. The smallest absolute Gasteiger partial charge is 0.335 e. The lowest BCUT2D eigenvalue weighted by Gasteiger charge is -2.18. The van der Waals surface area contributed by atoms with Gasteiger partial charge in [-0.25, -0.2) is 9.18 Å². The number of carbonyl (C=O) groups is 2. The van der Waals surface area contributed by atoms with Gasteiger partial charge >= 0.3 is 5.97 Å². The first-order chi connectivity index (χ1) is 11.9. The summed E-state index contributed by atoms with van der Waals surface area (Å²) >= 11 is 6.14. The molecule has 2 aromatic rings. The number of hydrogen-bond donors (Lipinski definition) is 2. The van der Waals surface area contributed by atoms with Crippen molar-refractivity contribution in [2.24, 2.45) is 0 Å². The van der Waals surface area contributed by atoms with Crippen molar-refractivity contribution in [3.8, 4) is 0 Å². The Hall–Kier alpha value is -2.40. The van der Waals surface area contributed by atoms with Crippen molar-refractivity contribution in [3.05, 3.63) is 70.0 Å². The Bertz CT molecular complexity index is 833. The first kappa shape index (κ1) is 17.4. The Labute approximate surface area is 149 Å². The van der Waals surface area contributed by atoms with Crippen LogP contribution in [0.25, 0.3) is 0 Å². The minimum Gasteiger partial charge on any atom is -0.478 e. The average molecular weight is 362 g/mol. The maximum Gasteiger partial charge on any atom is 0.335 e. The van der Waals surface area contributed by atoms with E-state index < -0.39 is 5.97 Å². The van der Waals surface area contributed by atoms with E-state index in [0.717, 1.165) is 18.4 Å². The van der Waals surface area contributed by atoms with Gasteiger partial charge in [0.05, 0.1) is 12.0 Å². The number of benzene rings is 2. The van der Waals surface area contributed by atoms with E-state index in [9.17, 15) is 14.0 Å². The van der Waals surface area contributed by atoms with E-state index in [-0.39, 0.29) is 29.1 Å². The van der Waals surface area contributed by atoms with Gasteiger partial charge in [0.15, 0.2) is 0 Å². The van der Waals surface area contributed by atoms with Gasteiger partial charge in [-0.3, -0.25) is 4.79 Å². The van der Waals surface area contributed by atoms with Crippen LogP contribution < -0.4 is 5.32 Å². The van der Waals surface area contributed by atoms with Crippen LogP contribution in [0, 0.1) is 5.82 Å². The maximum atomic E-state index is 13.2. The van der Waals surface area contributed by atoms with Crippen molar-refractivity contribution in [2.75, 3.05) is 6.54 Å². The number of carbonyl (C=O) groups excluding carboxylic acids is 1. The van der Waals surface area contributed by atoms with E-state index in [1.54, 1.807) is 18.2 Å². The molecule has 6 heteroatoms. The molecular weight excluding hydrogens is 345 g/mol. The zero-order valence-electron chi connectivity index (χ0n) is 13.4. The molecule has 0 saturated heterocycles. The molecule has 0 bridgehead atoms. The SMILES string of the molecule is O=C(Cc1cccc(C(=O)O)c1)NCC1(c2ccc(F)cc2Cl)CC1. The van der Waals surface area contributed by atoms with Gasteiger partial charge in [-0.15, -0.1) is 0 Å². The second-order valence-electron chi connectivity index (χ2n) is 6.36. The number of hydrogen-bond acceptors (Lipinski definition) is 2. The largest absolute Gasteiger partial charge is 0.478 e. The van der Waals surface area contributed by atoms with Crippen LogP contribution in [0.4, 0.5) is 4.39 Å². The van der Waals surface area contributed by atoms with Crippen LogP contribution in [0.15, 0.2) is 42.5 Å². The fraction of sp³-hybridized carbons (Fsp3) is 0.263. The van der Waals surface area contributed by atoms with Crippen LogP contribution >= 0.6 is 11.6 Å². The summed E-state index contributed by atoms with van der Waals surface area (Å²) in [6.07, 6.45) is 1.87. The third-order valence-electron chi connectivity index (χ3n) is 4.52. The van der Waals surface area contributed by atoms with Crippen LogP contribution in [0.3, 0.4) is 0 Å². The van der Waals surface area contributed by atoms with Gasteiger partial charge in [0.1, 0.15) is 5.82 Å². The molecule has 2 aromatic carbocycles. The molecule has 1 saturated carbocycles. The minimum atomic E-state index is -1.02. The van der Waals surface area contributed by atoms with Crippen molar-refractivity contribution in [2.45, 2.75) is 24.7 Å². The zero-order valence-corrected chi connectivity index (χ0v) is 14.1. The lowest BCUT2D eigenvalue weighted by molar-refractivity contribution is -0.120. The Morgan fingerprint density at radius 3 is 2.60 bits per heavy atom. The van der Waals surface area contributed by atoms with Gasteiger partial charge in [0.2, 0.25) is 5.91 Å². The number of carboxylic acid groups (broad SMARTS) is 1. The Kier molecular flexibility index (Phi) is 4.77. The standard InChI is InChI=1S/C19H17ClFNO3/c20-16-10-14(21)4-5-15(16)19(6-7-19)11-22-17(23)9-12-2-1-3-13(8-12)18(24)25/h1-5,8,10H,6-7,9,11H2,(H,22,23)(H,24,25). The van der Waals surface area contributed by atoms with Crippen molar-refractivity contribution >= 4 is 23.5 Å². The van der Waals surface area contributed by atoms with Crippen LogP contribution in [0.5, 0.6) is 0 Å². The van der Waals surface area contributed by atoms with Crippen LogP contribution in [-0.2, 0) is 16.6 Å². The molecule has 1 aliphatic rings. The summed E-state index contributed by atoms with van der Waals surface area (Å²) in [4.78, 5) is 23.2. The highest BCUT2D eigenvalue weighted by atomic mass is 35.5. The Morgan fingerprint density at radius 1 is 1.20 bits per heavy atom. The highest BCUT2D eigenvalue weighted by Gasteiger charge is 2.45. The average Bonchev–Trinajstić information content (AvgIpc) is 3.34. The number of carboxylic acids is 1. The molecule has 2 N–H and O–H groups in total. The van der Waals surface area contributed by atoms with Crippen molar-refractivity contribution < 1.29 is 19.1 Å². The molecule has 3 rings (SSSR count). The maximum absolute atomic E-state index is 13.2. The van der Waals surface area contributed by atoms with E-state index >= 15 is 0 Å². The van der Waals surface area contributed by atoms with Crippen molar-refractivity contribution in [1.82, 2.24) is 5.32 Å². The molecule has 0 aliphatic heterocycles. The first-order valence-electron chi connectivity index (χ1n) is 7.94. The predicted molar refractivity (Wildman–Crippen MR) is 92.4 cm³/mol. The third-order valence-corrected chi connectivity index (χ3v) is 4.83. The first-order valence-corrected chi connectivity index (χ1v) is 8.32. The zero-order chi connectivity index (χ0) is 18.0. The number of amides is 1. The molecule has 1 amide bonds. The second-order valence-corrected chi connectivity index (χ2v) is 6.77. The minimum absolute atomic E-state index is 0.106. The van der Waals surface area contributed by atoms with Crippen LogP contribution in [0.2, 0.25) is 5.02 Å². The lowest BCUT2D eigenvalue weighted by atomic mass is 9.95. The van der Waals surface area contributed by atoms with E-state index in [4.69, 9.17) is 16.7 Å². The van der Waals surface area contributed by atoms with Gasteiger partial charge < -0.3 is 10.4 Å². The number of rotatable bonds is 6. The van der Waals surface area contributed by atoms with E-state index in [1.165, 1.54) is 24.3 Å². The molecule has 0 unspecified atom stereocenters. The molecule has 1 fully saturated rings. The van der Waals surface area contributed by atoms with E-state index in [1.807, 2.05) is 0 Å². The van der Waals surface area contributed by atoms with E-state index in [0.29, 0.717) is 17.1 Å². The van der Waals surface area contributed by atoms with Crippen LogP contribution in [-0.4, -0.2) is 23.5 Å². The number of nitrogens with one attached hydrogen (secondary N) is 1. The molecular formula is C19H17ClFNO3. The summed E-state index contributed by atoms with van der Waals surface area (Å²) in [5.74, 6) is -1.59. The third kappa shape index (κ3) is 3.99. The van der Waals surface area contributed by atoms with E-state index in [2.05, 4.69) is 5.32 Å². The molecule has 0 heterocycles. The van der Waals surface area contributed by atoms with Gasteiger partial charge in [0, 0.05) is 17.0 Å². The summed E-state index contributed by atoms with van der Waals surface area (Å²) in [7, 11) is 0. The number of aromatic carboxylic acids is 1. The summed E-state index contributed by atoms with van der Waals surface area (Å²) in [6.45, 7) is 0.426. The quantitative estimate of drug-likeness (QED) is 0.826. The summed E-state index contributed by atoms with van der Waals surface area (Å²) < 4.78 is 13.2. The highest BCUT2D eigenvalue weighted by molar-refractivity contribution is 6.31. The lowest BCUT2D eigenvalue weighted by Crippen LogP contribution is -2.33. The van der Waals surface area contributed by atoms with Gasteiger partial charge in [-0.1, -0.05) is 29.8 Å². The number of halogens is 2. The second kappa shape index (κ2) is 6.84. The molecule has 0 aromatic heterocycles. The van der Waals surface area contributed by atoms with Crippen LogP contribution in [0.1, 0.15) is 34.3 Å². The molecule has 1 aliphatic carbocycles. The molecule has 4 nitrogen and oxygen atoms in total. The summed E-state index contributed by atoms with van der Waals surface area (Å²) in [6, 6.07) is 10.7. The van der Waals surface area contributed by atoms with Gasteiger partial charge in [0.25, 0.3) is 0 Å². The molecule has 130 valence electrons. The Morgan fingerprint density at radius 2 is 1.96 bits per heavy atom. The fourth-order valence-corrected chi connectivity index (χ4v) is 3.31. The molecule has 25 heavy (non-hydrogen) atoms. The van der Waals surface area contributed by atoms with Crippen molar-refractivity contribution in [3.63, 3.8) is 0 Å². The molecule has 0 spiro atoms. The normalized spacial score (nSPS) is 14.8. The Balaban J connectivity index is 1.62. The van der Waals surface area contributed by atoms with Crippen molar-refractivity contribution in [1.29, 1.82) is 0 Å². The van der Waals surface area contributed by atoms with Gasteiger partial charge in [-0.2, -0.15) is 0 Å². The monoisotopic (exact) mass is 361 g/mol.